The summed E-state index contributed by atoms with van der Waals surface area (Å²) in [4.78, 5) is 18.9. The Labute approximate surface area is 175 Å². The molecule has 0 aliphatic carbocycles. The van der Waals surface area contributed by atoms with Gasteiger partial charge in [-0.3, -0.25) is 4.79 Å². The number of hydrogen-bond donors (Lipinski definition) is 0. The first kappa shape index (κ1) is 19.9. The Bertz CT molecular complexity index is 1000. The maximum atomic E-state index is 12.5. The van der Waals surface area contributed by atoms with E-state index >= 15 is 0 Å². The lowest BCUT2D eigenvalue weighted by atomic mass is 10.1. The second kappa shape index (κ2) is 8.98. The Kier molecular flexibility index (Phi) is 5.97. The Morgan fingerprint density at radius 2 is 1.83 bits per heavy atom. The minimum Gasteiger partial charge on any atom is -0.494 e. The molecule has 1 saturated heterocycles. The maximum absolute atomic E-state index is 12.5. The summed E-state index contributed by atoms with van der Waals surface area (Å²) in [6.45, 7) is 6.24. The Morgan fingerprint density at radius 1 is 1.07 bits per heavy atom. The van der Waals surface area contributed by atoms with Gasteiger partial charge < -0.3 is 18.9 Å². The average Bonchev–Trinajstić information content (AvgIpc) is 3.38. The molecule has 1 aliphatic heterocycles. The summed E-state index contributed by atoms with van der Waals surface area (Å²) in [5.41, 5.74) is 1.89. The zero-order chi connectivity index (χ0) is 20.9. The predicted octanol–water partition coefficient (Wildman–Crippen LogP) is 4.05. The van der Waals surface area contributed by atoms with Crippen molar-refractivity contribution < 1.29 is 18.8 Å². The number of rotatable bonds is 8. The van der Waals surface area contributed by atoms with Crippen molar-refractivity contribution >= 4 is 5.91 Å². The van der Waals surface area contributed by atoms with Gasteiger partial charge in [0.15, 0.2) is 0 Å². The molecular formula is C23H25N3O4. The van der Waals surface area contributed by atoms with E-state index in [1.54, 1.807) is 0 Å². The zero-order valence-electron chi connectivity index (χ0n) is 17.2. The van der Waals surface area contributed by atoms with E-state index in [4.69, 9.17) is 14.0 Å². The van der Waals surface area contributed by atoms with Crippen LogP contribution in [-0.4, -0.2) is 40.7 Å². The Morgan fingerprint density at radius 3 is 2.60 bits per heavy atom. The molecule has 0 bridgehead atoms. The molecule has 1 aromatic heterocycles. The topological polar surface area (TPSA) is 77.7 Å². The number of benzene rings is 2. The number of amides is 1. The standard InChI is InChI=1S/C23H25N3O4/c1-3-28-19-10-8-16(9-11-19)14-26-15-18(13-21(26)27)23-24-22(25-30-23)17-6-5-7-20(12-17)29-4-2/h5-12,18H,3-4,13-15H2,1-2H3. The van der Waals surface area contributed by atoms with Crippen LogP contribution in [-0.2, 0) is 11.3 Å². The molecule has 1 unspecified atom stereocenters. The molecule has 3 aromatic rings. The van der Waals surface area contributed by atoms with Crippen LogP contribution >= 0.6 is 0 Å². The molecule has 0 saturated carbocycles. The smallest absolute Gasteiger partial charge is 0.232 e. The summed E-state index contributed by atoms with van der Waals surface area (Å²) >= 11 is 0. The van der Waals surface area contributed by atoms with Gasteiger partial charge in [-0.1, -0.05) is 29.4 Å². The highest BCUT2D eigenvalue weighted by molar-refractivity contribution is 5.79. The molecule has 7 nitrogen and oxygen atoms in total. The third-order valence-corrected chi connectivity index (χ3v) is 5.02. The summed E-state index contributed by atoms with van der Waals surface area (Å²) in [5, 5.41) is 4.11. The van der Waals surface area contributed by atoms with E-state index in [9.17, 15) is 4.79 Å². The van der Waals surface area contributed by atoms with E-state index in [2.05, 4.69) is 10.1 Å². The first-order valence-corrected chi connectivity index (χ1v) is 10.2. The van der Waals surface area contributed by atoms with Crippen molar-refractivity contribution in [2.24, 2.45) is 0 Å². The molecule has 1 amide bonds. The molecule has 1 atom stereocenters. The number of nitrogens with zero attached hydrogens (tertiary/aromatic N) is 3. The van der Waals surface area contributed by atoms with Gasteiger partial charge in [-0.25, -0.2) is 0 Å². The van der Waals surface area contributed by atoms with Gasteiger partial charge in [-0.2, -0.15) is 4.98 Å². The molecule has 2 heterocycles. The number of carbonyl (C=O) groups excluding carboxylic acids is 1. The highest BCUT2D eigenvalue weighted by Crippen LogP contribution is 2.30. The van der Waals surface area contributed by atoms with Gasteiger partial charge in [-0.05, 0) is 43.7 Å². The molecule has 7 heteroatoms. The van der Waals surface area contributed by atoms with Crippen molar-refractivity contribution in [1.29, 1.82) is 0 Å². The highest BCUT2D eigenvalue weighted by atomic mass is 16.5. The molecule has 0 spiro atoms. The molecule has 1 aliphatic rings. The highest BCUT2D eigenvalue weighted by Gasteiger charge is 2.34. The lowest BCUT2D eigenvalue weighted by molar-refractivity contribution is -0.128. The molecule has 0 radical (unpaired) electrons. The molecule has 2 aromatic carbocycles. The van der Waals surface area contributed by atoms with Gasteiger partial charge in [0, 0.05) is 25.1 Å². The minimum atomic E-state index is -0.100. The predicted molar refractivity (Wildman–Crippen MR) is 111 cm³/mol. The molecule has 1 fully saturated rings. The van der Waals surface area contributed by atoms with Gasteiger partial charge in [-0.15, -0.1) is 0 Å². The van der Waals surface area contributed by atoms with Crippen molar-refractivity contribution in [3.63, 3.8) is 0 Å². The second-order valence-electron chi connectivity index (χ2n) is 7.17. The van der Waals surface area contributed by atoms with E-state index < -0.39 is 0 Å². The summed E-state index contributed by atoms with van der Waals surface area (Å²) in [6.07, 6.45) is 0.373. The van der Waals surface area contributed by atoms with Gasteiger partial charge in [0.2, 0.25) is 17.6 Å². The normalized spacial score (nSPS) is 16.1. The van der Waals surface area contributed by atoms with Crippen LogP contribution in [0.4, 0.5) is 0 Å². The van der Waals surface area contributed by atoms with Crippen molar-refractivity contribution in [3.8, 4) is 22.9 Å². The third kappa shape index (κ3) is 4.45. The fraction of sp³-hybridized carbons (Fsp3) is 0.348. The van der Waals surface area contributed by atoms with Crippen molar-refractivity contribution in [1.82, 2.24) is 15.0 Å². The van der Waals surface area contributed by atoms with Crippen molar-refractivity contribution in [3.05, 3.63) is 60.0 Å². The molecule has 30 heavy (non-hydrogen) atoms. The largest absolute Gasteiger partial charge is 0.494 e. The van der Waals surface area contributed by atoms with Crippen LogP contribution in [0.5, 0.6) is 11.5 Å². The number of carbonyl (C=O) groups is 1. The van der Waals surface area contributed by atoms with E-state index in [0.29, 0.717) is 44.4 Å². The first-order chi connectivity index (χ1) is 14.7. The number of ether oxygens (including phenoxy) is 2. The van der Waals surface area contributed by atoms with Crippen LogP contribution < -0.4 is 9.47 Å². The van der Waals surface area contributed by atoms with Crippen LogP contribution in [0.2, 0.25) is 0 Å². The Hall–Kier alpha value is -3.35. The third-order valence-electron chi connectivity index (χ3n) is 5.02. The lowest BCUT2D eigenvalue weighted by Gasteiger charge is -2.16. The molecule has 156 valence electrons. The van der Waals surface area contributed by atoms with Crippen LogP contribution in [0.25, 0.3) is 11.4 Å². The van der Waals surface area contributed by atoms with Gasteiger partial charge >= 0.3 is 0 Å². The van der Waals surface area contributed by atoms with Crippen LogP contribution in [0.3, 0.4) is 0 Å². The second-order valence-corrected chi connectivity index (χ2v) is 7.17. The summed E-state index contributed by atoms with van der Waals surface area (Å²) < 4.78 is 16.5. The number of aromatic nitrogens is 2. The van der Waals surface area contributed by atoms with Gasteiger partial charge in [0.05, 0.1) is 19.1 Å². The van der Waals surface area contributed by atoms with Crippen molar-refractivity contribution in [2.45, 2.75) is 32.7 Å². The number of hydrogen-bond acceptors (Lipinski definition) is 6. The quantitative estimate of drug-likeness (QED) is 0.561. The molecule has 0 N–H and O–H groups in total. The van der Waals surface area contributed by atoms with Gasteiger partial charge in [0.25, 0.3) is 0 Å². The SMILES string of the molecule is CCOc1ccc(CN2CC(c3nc(-c4cccc(OCC)c4)no3)CC2=O)cc1. The molecule has 4 rings (SSSR count). The maximum Gasteiger partial charge on any atom is 0.232 e. The van der Waals surface area contributed by atoms with Crippen LogP contribution in [0, 0.1) is 0 Å². The average molecular weight is 407 g/mol. The minimum absolute atomic E-state index is 0.0898. The fourth-order valence-corrected chi connectivity index (χ4v) is 3.58. The monoisotopic (exact) mass is 407 g/mol. The first-order valence-electron chi connectivity index (χ1n) is 10.2. The summed E-state index contributed by atoms with van der Waals surface area (Å²) in [7, 11) is 0. The summed E-state index contributed by atoms with van der Waals surface area (Å²) in [6, 6.07) is 15.4. The van der Waals surface area contributed by atoms with Crippen LogP contribution in [0.15, 0.2) is 53.1 Å². The van der Waals surface area contributed by atoms with E-state index in [1.165, 1.54) is 0 Å². The van der Waals surface area contributed by atoms with E-state index in [-0.39, 0.29) is 11.8 Å². The van der Waals surface area contributed by atoms with Gasteiger partial charge in [0.1, 0.15) is 11.5 Å². The summed E-state index contributed by atoms with van der Waals surface area (Å²) in [5.74, 6) is 2.58. The number of likely N-dealkylation sites (tertiary alicyclic amines) is 1. The van der Waals surface area contributed by atoms with Crippen molar-refractivity contribution in [2.75, 3.05) is 19.8 Å². The molecular weight excluding hydrogens is 382 g/mol. The fourth-order valence-electron chi connectivity index (χ4n) is 3.58. The Balaban J connectivity index is 1.42. The zero-order valence-corrected chi connectivity index (χ0v) is 17.2. The van der Waals surface area contributed by atoms with E-state index in [0.717, 1.165) is 22.6 Å². The van der Waals surface area contributed by atoms with E-state index in [1.807, 2.05) is 67.3 Å². The van der Waals surface area contributed by atoms with Crippen LogP contribution in [0.1, 0.15) is 37.6 Å². The lowest BCUT2D eigenvalue weighted by Crippen LogP contribution is -2.24.